The quantitative estimate of drug-likeness (QED) is 0.774. The summed E-state index contributed by atoms with van der Waals surface area (Å²) in [6.07, 6.45) is 8.04. The molecular formula is C18H20N4O2. The molecule has 24 heavy (non-hydrogen) atoms. The Morgan fingerprint density at radius 1 is 1.21 bits per heavy atom. The van der Waals surface area contributed by atoms with Gasteiger partial charge in [0.15, 0.2) is 0 Å². The lowest BCUT2D eigenvalue weighted by Crippen LogP contribution is -2.34. The fourth-order valence-corrected chi connectivity index (χ4v) is 3.15. The minimum atomic E-state index is -0.166. The van der Waals surface area contributed by atoms with Crippen LogP contribution in [0.5, 0.6) is 5.75 Å². The molecule has 1 aliphatic rings. The molecule has 1 aromatic carbocycles. The lowest BCUT2D eigenvalue weighted by atomic mass is 10.1. The van der Waals surface area contributed by atoms with Crippen LogP contribution in [0.15, 0.2) is 41.6 Å². The molecule has 0 spiro atoms. The first-order chi connectivity index (χ1) is 11.7. The van der Waals surface area contributed by atoms with Gasteiger partial charge in [0, 0.05) is 28.7 Å². The van der Waals surface area contributed by atoms with Crippen molar-refractivity contribution in [2.24, 2.45) is 0 Å². The maximum Gasteiger partial charge on any atom is 0.269 e. The third-order valence-electron chi connectivity index (χ3n) is 4.56. The summed E-state index contributed by atoms with van der Waals surface area (Å²) in [5.41, 5.74) is 1.27. The van der Waals surface area contributed by atoms with Crippen LogP contribution in [0.25, 0.3) is 16.5 Å². The number of hydrogen-bond donors (Lipinski definition) is 2. The number of piperidine rings is 1. The Hall–Kier alpha value is -2.60. The Bertz CT molecular complexity index is 922. The van der Waals surface area contributed by atoms with Crippen molar-refractivity contribution < 1.29 is 4.74 Å². The summed E-state index contributed by atoms with van der Waals surface area (Å²) >= 11 is 0. The van der Waals surface area contributed by atoms with E-state index < -0.39 is 0 Å². The monoisotopic (exact) mass is 324 g/mol. The van der Waals surface area contributed by atoms with Gasteiger partial charge in [-0.25, -0.2) is 5.10 Å². The standard InChI is InChI=1S/C18H20N4O2/c1-12-17(9-20-21-18(12)23)22-10-13-2-3-16(8-14(13)11-22)24-15-4-6-19-7-5-15/h2-3,8-11,15,19H,4-7H2,1H3,(H,21,23). The number of aromatic amines is 1. The van der Waals surface area contributed by atoms with Gasteiger partial charge >= 0.3 is 0 Å². The van der Waals surface area contributed by atoms with Gasteiger partial charge in [-0.05, 0) is 51.1 Å². The van der Waals surface area contributed by atoms with E-state index in [-0.39, 0.29) is 11.7 Å². The molecule has 3 heterocycles. The molecule has 6 nitrogen and oxygen atoms in total. The zero-order chi connectivity index (χ0) is 16.5. The van der Waals surface area contributed by atoms with Crippen molar-refractivity contribution in [3.63, 3.8) is 0 Å². The van der Waals surface area contributed by atoms with Gasteiger partial charge in [0.1, 0.15) is 11.9 Å². The maximum absolute atomic E-state index is 11.7. The Balaban J connectivity index is 1.66. The van der Waals surface area contributed by atoms with Crippen molar-refractivity contribution in [2.75, 3.05) is 13.1 Å². The van der Waals surface area contributed by atoms with Crippen molar-refractivity contribution in [3.8, 4) is 11.4 Å². The number of nitrogens with one attached hydrogen (secondary N) is 2. The van der Waals surface area contributed by atoms with Gasteiger partial charge in [0.05, 0.1) is 11.9 Å². The topological polar surface area (TPSA) is 71.9 Å². The van der Waals surface area contributed by atoms with Gasteiger partial charge in [-0.15, -0.1) is 0 Å². The largest absolute Gasteiger partial charge is 0.490 e. The van der Waals surface area contributed by atoms with E-state index in [9.17, 15) is 4.79 Å². The highest BCUT2D eigenvalue weighted by Crippen LogP contribution is 2.25. The van der Waals surface area contributed by atoms with Gasteiger partial charge in [-0.1, -0.05) is 0 Å². The second-order valence-electron chi connectivity index (χ2n) is 6.23. The first-order valence-electron chi connectivity index (χ1n) is 8.24. The van der Waals surface area contributed by atoms with Gasteiger partial charge < -0.3 is 14.6 Å². The highest BCUT2D eigenvalue weighted by molar-refractivity contribution is 5.84. The molecule has 3 aromatic rings. The van der Waals surface area contributed by atoms with Crippen LogP contribution in [0, 0.1) is 6.92 Å². The zero-order valence-electron chi connectivity index (χ0n) is 13.6. The number of ether oxygens (including phenoxy) is 1. The molecule has 0 saturated carbocycles. The lowest BCUT2D eigenvalue weighted by molar-refractivity contribution is 0.162. The third kappa shape index (κ3) is 2.80. The third-order valence-corrected chi connectivity index (χ3v) is 4.56. The molecule has 2 N–H and O–H groups in total. The van der Waals surface area contributed by atoms with Crippen LogP contribution in [0.3, 0.4) is 0 Å². The summed E-state index contributed by atoms with van der Waals surface area (Å²) in [7, 11) is 0. The van der Waals surface area contributed by atoms with Gasteiger partial charge in [-0.2, -0.15) is 5.10 Å². The number of benzene rings is 1. The van der Waals surface area contributed by atoms with Gasteiger partial charge in [0.25, 0.3) is 5.56 Å². The van der Waals surface area contributed by atoms with Crippen molar-refractivity contribution >= 4 is 10.8 Å². The van der Waals surface area contributed by atoms with Crippen molar-refractivity contribution in [2.45, 2.75) is 25.9 Å². The zero-order valence-corrected chi connectivity index (χ0v) is 13.6. The second-order valence-corrected chi connectivity index (χ2v) is 6.23. The Kier molecular flexibility index (Phi) is 3.82. The molecule has 0 amide bonds. The van der Waals surface area contributed by atoms with Crippen molar-refractivity contribution in [3.05, 3.63) is 52.7 Å². The van der Waals surface area contributed by atoms with Crippen LogP contribution >= 0.6 is 0 Å². The van der Waals surface area contributed by atoms with E-state index in [4.69, 9.17) is 4.74 Å². The smallest absolute Gasteiger partial charge is 0.269 e. The molecule has 0 unspecified atom stereocenters. The summed E-state index contributed by atoms with van der Waals surface area (Å²) in [6.45, 7) is 3.82. The van der Waals surface area contributed by atoms with E-state index in [2.05, 4.69) is 27.6 Å². The normalized spacial score (nSPS) is 15.7. The predicted molar refractivity (Wildman–Crippen MR) is 92.9 cm³/mol. The summed E-state index contributed by atoms with van der Waals surface area (Å²) in [6, 6.07) is 6.12. The van der Waals surface area contributed by atoms with Crippen LogP contribution < -0.4 is 15.6 Å². The van der Waals surface area contributed by atoms with E-state index in [0.717, 1.165) is 48.1 Å². The highest BCUT2D eigenvalue weighted by Gasteiger charge is 2.15. The van der Waals surface area contributed by atoms with E-state index in [0.29, 0.717) is 5.56 Å². The first-order valence-corrected chi connectivity index (χ1v) is 8.24. The van der Waals surface area contributed by atoms with Gasteiger partial charge in [-0.3, -0.25) is 4.79 Å². The summed E-state index contributed by atoms with van der Waals surface area (Å²) < 4.78 is 8.05. The molecule has 124 valence electrons. The molecule has 0 bridgehead atoms. The van der Waals surface area contributed by atoms with E-state index >= 15 is 0 Å². The fourth-order valence-electron chi connectivity index (χ4n) is 3.15. The van der Waals surface area contributed by atoms with Crippen LogP contribution in [0.1, 0.15) is 18.4 Å². The van der Waals surface area contributed by atoms with E-state index in [1.807, 2.05) is 23.0 Å². The van der Waals surface area contributed by atoms with Crippen LogP contribution in [0.4, 0.5) is 0 Å². The molecule has 1 aliphatic heterocycles. The van der Waals surface area contributed by atoms with Crippen molar-refractivity contribution in [1.29, 1.82) is 0 Å². The van der Waals surface area contributed by atoms with Crippen LogP contribution in [0.2, 0.25) is 0 Å². The molecule has 4 rings (SSSR count). The molecule has 0 atom stereocenters. The van der Waals surface area contributed by atoms with E-state index in [1.54, 1.807) is 13.1 Å². The number of hydrogen-bond acceptors (Lipinski definition) is 4. The lowest BCUT2D eigenvalue weighted by Gasteiger charge is -2.23. The van der Waals surface area contributed by atoms with Crippen molar-refractivity contribution in [1.82, 2.24) is 20.1 Å². The van der Waals surface area contributed by atoms with Gasteiger partial charge in [0.2, 0.25) is 0 Å². The average molecular weight is 324 g/mol. The molecular weight excluding hydrogens is 304 g/mol. The summed E-state index contributed by atoms with van der Waals surface area (Å²) in [5.74, 6) is 0.896. The number of rotatable bonds is 3. The number of nitrogens with zero attached hydrogens (tertiary/aromatic N) is 2. The SMILES string of the molecule is Cc1c(-n2cc3ccc(OC4CCNCC4)cc3c2)cn[nH]c1=O. The number of H-pyrrole nitrogens is 1. The Morgan fingerprint density at radius 2 is 2.00 bits per heavy atom. The molecule has 2 aromatic heterocycles. The van der Waals surface area contributed by atoms with Crippen LogP contribution in [-0.4, -0.2) is 34.0 Å². The Labute approximate surface area is 139 Å². The molecule has 0 aliphatic carbocycles. The average Bonchev–Trinajstić information content (AvgIpc) is 3.01. The van der Waals surface area contributed by atoms with E-state index in [1.165, 1.54) is 0 Å². The minimum absolute atomic E-state index is 0.166. The molecule has 1 fully saturated rings. The maximum atomic E-state index is 11.7. The summed E-state index contributed by atoms with van der Waals surface area (Å²) in [4.78, 5) is 11.7. The molecule has 6 heteroatoms. The van der Waals surface area contributed by atoms with Crippen LogP contribution in [-0.2, 0) is 0 Å². The molecule has 1 saturated heterocycles. The second kappa shape index (κ2) is 6.13. The fraction of sp³-hybridized carbons (Fsp3) is 0.333. The predicted octanol–water partition coefficient (Wildman–Crippen LogP) is 2.15. The number of aromatic nitrogens is 3. The summed E-state index contributed by atoms with van der Waals surface area (Å²) in [5, 5.41) is 11.9. The first kappa shape index (κ1) is 15.0. The highest BCUT2D eigenvalue weighted by atomic mass is 16.5. The molecule has 0 radical (unpaired) electrons. The minimum Gasteiger partial charge on any atom is -0.490 e. The Morgan fingerprint density at radius 3 is 2.83 bits per heavy atom. The number of fused-ring (bicyclic) bond motifs is 1.